The Morgan fingerprint density at radius 2 is 2.05 bits per heavy atom. The minimum Gasteiger partial charge on any atom is -0.449 e. The van der Waals surface area contributed by atoms with Crippen molar-refractivity contribution in [1.82, 2.24) is 10.2 Å². The number of amides is 2. The van der Waals surface area contributed by atoms with E-state index in [0.717, 1.165) is 19.3 Å². The molecule has 0 aromatic heterocycles. The van der Waals surface area contributed by atoms with Gasteiger partial charge >= 0.3 is 12.2 Å². The van der Waals surface area contributed by atoms with Crippen molar-refractivity contribution in [3.63, 3.8) is 0 Å². The van der Waals surface area contributed by atoms with E-state index in [-0.39, 0.29) is 12.1 Å². The van der Waals surface area contributed by atoms with E-state index < -0.39 is 11.7 Å². The van der Waals surface area contributed by atoms with Crippen LogP contribution in [0.4, 0.5) is 9.59 Å². The maximum Gasteiger partial charge on any atom is 0.409 e. The molecular formula is C14H26N2O4. The molecule has 6 nitrogen and oxygen atoms in total. The lowest BCUT2D eigenvalue weighted by atomic mass is 10.2. The van der Waals surface area contributed by atoms with E-state index in [1.54, 1.807) is 4.90 Å². The molecule has 0 aromatic rings. The standard InChI is InChI=1S/C14H26N2O4/c1-5-6-9-19-13(18)16-8-7-11(10-16)15-12(17)20-14(2,3)4/h11H,5-10H2,1-4H3,(H,15,17). The fourth-order valence-electron chi connectivity index (χ4n) is 1.91. The smallest absolute Gasteiger partial charge is 0.409 e. The third-order valence-electron chi connectivity index (χ3n) is 2.89. The van der Waals surface area contributed by atoms with Gasteiger partial charge in [-0.15, -0.1) is 0 Å². The summed E-state index contributed by atoms with van der Waals surface area (Å²) in [5.74, 6) is 0. The summed E-state index contributed by atoms with van der Waals surface area (Å²) in [6.45, 7) is 9.03. The Morgan fingerprint density at radius 3 is 2.65 bits per heavy atom. The van der Waals surface area contributed by atoms with E-state index in [2.05, 4.69) is 5.32 Å². The van der Waals surface area contributed by atoms with E-state index in [4.69, 9.17) is 9.47 Å². The number of carbonyl (C=O) groups is 2. The summed E-state index contributed by atoms with van der Waals surface area (Å²) >= 11 is 0. The Labute approximate surface area is 120 Å². The van der Waals surface area contributed by atoms with Crippen LogP contribution in [0, 0.1) is 0 Å². The van der Waals surface area contributed by atoms with Gasteiger partial charge in [-0.2, -0.15) is 0 Å². The van der Waals surface area contributed by atoms with Gasteiger partial charge in [-0.1, -0.05) is 13.3 Å². The number of rotatable bonds is 4. The number of carbonyl (C=O) groups excluding carboxylic acids is 2. The first-order valence-electron chi connectivity index (χ1n) is 7.23. The van der Waals surface area contributed by atoms with Crippen LogP contribution in [0.2, 0.25) is 0 Å². The molecule has 1 saturated heterocycles. The Kier molecular flexibility index (Phi) is 6.10. The summed E-state index contributed by atoms with van der Waals surface area (Å²) in [5.41, 5.74) is -0.512. The number of likely N-dealkylation sites (tertiary alicyclic amines) is 1. The molecule has 1 fully saturated rings. The topological polar surface area (TPSA) is 67.9 Å². The first-order chi connectivity index (χ1) is 9.31. The summed E-state index contributed by atoms with van der Waals surface area (Å²) < 4.78 is 10.3. The SMILES string of the molecule is CCCCOC(=O)N1CCC(NC(=O)OC(C)(C)C)C1. The number of nitrogens with one attached hydrogen (secondary N) is 1. The number of alkyl carbamates (subject to hydrolysis) is 1. The Hall–Kier alpha value is -1.46. The number of hydrogen-bond acceptors (Lipinski definition) is 4. The molecule has 0 saturated carbocycles. The van der Waals surface area contributed by atoms with E-state index in [1.165, 1.54) is 0 Å². The van der Waals surface area contributed by atoms with Crippen molar-refractivity contribution in [1.29, 1.82) is 0 Å². The second-order valence-corrected chi connectivity index (χ2v) is 6.05. The zero-order valence-corrected chi connectivity index (χ0v) is 12.9. The normalized spacial score (nSPS) is 18.8. The van der Waals surface area contributed by atoms with Crippen LogP contribution in [-0.4, -0.2) is 48.4 Å². The maximum absolute atomic E-state index is 11.7. The van der Waals surface area contributed by atoms with Crippen LogP contribution in [0.15, 0.2) is 0 Å². The molecule has 0 aromatic carbocycles. The summed E-state index contributed by atoms with van der Waals surface area (Å²) in [7, 11) is 0. The third-order valence-corrected chi connectivity index (χ3v) is 2.89. The average Bonchev–Trinajstić information content (AvgIpc) is 2.75. The van der Waals surface area contributed by atoms with Gasteiger partial charge in [0.2, 0.25) is 0 Å². The van der Waals surface area contributed by atoms with Crippen molar-refractivity contribution in [2.45, 2.75) is 58.6 Å². The molecule has 1 heterocycles. The van der Waals surface area contributed by atoms with Crippen molar-refractivity contribution < 1.29 is 19.1 Å². The summed E-state index contributed by atoms with van der Waals surface area (Å²) in [6, 6.07) is -0.0661. The summed E-state index contributed by atoms with van der Waals surface area (Å²) in [5, 5.41) is 2.78. The second kappa shape index (κ2) is 7.36. The molecule has 1 atom stereocenters. The van der Waals surface area contributed by atoms with Crippen molar-refractivity contribution in [2.75, 3.05) is 19.7 Å². The van der Waals surface area contributed by atoms with Gasteiger partial charge in [-0.05, 0) is 33.6 Å². The predicted molar refractivity (Wildman–Crippen MR) is 75.6 cm³/mol. The molecule has 20 heavy (non-hydrogen) atoms. The number of unbranched alkanes of at least 4 members (excludes halogenated alkanes) is 1. The molecule has 0 bridgehead atoms. The highest BCUT2D eigenvalue weighted by Gasteiger charge is 2.29. The van der Waals surface area contributed by atoms with Crippen LogP contribution in [0.25, 0.3) is 0 Å². The highest BCUT2D eigenvalue weighted by Crippen LogP contribution is 2.12. The highest BCUT2D eigenvalue weighted by atomic mass is 16.6. The minimum absolute atomic E-state index is 0.0661. The molecule has 1 aliphatic heterocycles. The van der Waals surface area contributed by atoms with E-state index in [1.807, 2.05) is 27.7 Å². The molecule has 116 valence electrons. The minimum atomic E-state index is -0.512. The van der Waals surface area contributed by atoms with Gasteiger partial charge in [-0.3, -0.25) is 0 Å². The zero-order chi connectivity index (χ0) is 15.2. The zero-order valence-electron chi connectivity index (χ0n) is 12.9. The van der Waals surface area contributed by atoms with Crippen LogP contribution in [0.5, 0.6) is 0 Å². The fourth-order valence-corrected chi connectivity index (χ4v) is 1.91. The Bertz CT molecular complexity index is 339. The van der Waals surface area contributed by atoms with E-state index in [0.29, 0.717) is 19.7 Å². The maximum atomic E-state index is 11.7. The van der Waals surface area contributed by atoms with Crippen molar-refractivity contribution in [3.05, 3.63) is 0 Å². The van der Waals surface area contributed by atoms with Crippen LogP contribution in [-0.2, 0) is 9.47 Å². The predicted octanol–water partition coefficient (Wildman–Crippen LogP) is 2.52. The number of nitrogens with zero attached hydrogens (tertiary/aromatic N) is 1. The van der Waals surface area contributed by atoms with Gasteiger partial charge < -0.3 is 19.7 Å². The lowest BCUT2D eigenvalue weighted by molar-refractivity contribution is 0.0503. The molecule has 1 aliphatic rings. The molecule has 0 aliphatic carbocycles. The van der Waals surface area contributed by atoms with Crippen LogP contribution < -0.4 is 5.32 Å². The van der Waals surface area contributed by atoms with Gasteiger partial charge in [0.25, 0.3) is 0 Å². The van der Waals surface area contributed by atoms with Gasteiger partial charge in [0.1, 0.15) is 5.60 Å². The molecule has 1 N–H and O–H groups in total. The molecule has 1 unspecified atom stereocenters. The van der Waals surface area contributed by atoms with Gasteiger partial charge in [-0.25, -0.2) is 9.59 Å². The van der Waals surface area contributed by atoms with Crippen LogP contribution in [0.3, 0.4) is 0 Å². The van der Waals surface area contributed by atoms with Crippen molar-refractivity contribution >= 4 is 12.2 Å². The molecule has 6 heteroatoms. The molecular weight excluding hydrogens is 260 g/mol. The Morgan fingerprint density at radius 1 is 1.35 bits per heavy atom. The lowest BCUT2D eigenvalue weighted by Gasteiger charge is -2.22. The molecule has 2 amide bonds. The van der Waals surface area contributed by atoms with Crippen LogP contribution >= 0.6 is 0 Å². The number of ether oxygens (including phenoxy) is 2. The summed E-state index contributed by atoms with van der Waals surface area (Å²) in [4.78, 5) is 25.0. The van der Waals surface area contributed by atoms with Crippen molar-refractivity contribution in [2.24, 2.45) is 0 Å². The first kappa shape index (κ1) is 16.6. The van der Waals surface area contributed by atoms with Crippen LogP contribution in [0.1, 0.15) is 47.0 Å². The number of hydrogen-bond donors (Lipinski definition) is 1. The van der Waals surface area contributed by atoms with Gasteiger partial charge in [0.05, 0.1) is 12.6 Å². The lowest BCUT2D eigenvalue weighted by Crippen LogP contribution is -2.41. The highest BCUT2D eigenvalue weighted by molar-refractivity contribution is 5.70. The monoisotopic (exact) mass is 286 g/mol. The van der Waals surface area contributed by atoms with Gasteiger partial charge in [0.15, 0.2) is 0 Å². The molecule has 0 spiro atoms. The van der Waals surface area contributed by atoms with E-state index >= 15 is 0 Å². The van der Waals surface area contributed by atoms with Crippen molar-refractivity contribution in [3.8, 4) is 0 Å². The Balaban J connectivity index is 2.29. The molecule has 1 rings (SSSR count). The fraction of sp³-hybridized carbons (Fsp3) is 0.857. The largest absolute Gasteiger partial charge is 0.449 e. The summed E-state index contributed by atoms with van der Waals surface area (Å²) in [6.07, 6.45) is 1.85. The second-order valence-electron chi connectivity index (χ2n) is 6.05. The van der Waals surface area contributed by atoms with E-state index in [9.17, 15) is 9.59 Å². The quantitative estimate of drug-likeness (QED) is 0.806. The molecule has 0 radical (unpaired) electrons. The first-order valence-corrected chi connectivity index (χ1v) is 7.23. The average molecular weight is 286 g/mol. The van der Waals surface area contributed by atoms with Gasteiger partial charge in [0, 0.05) is 13.1 Å². The third kappa shape index (κ3) is 6.12.